The molecule has 3 nitrogen and oxygen atoms in total. The first-order chi connectivity index (χ1) is 44.8. The molecular weight excluding hydrogens is 1010 g/mol. The minimum Gasteiger partial charge on any atom is -0.456 e. The molecule has 0 unspecified atom stereocenters. The Bertz CT molecular complexity index is 5480. The fourth-order valence-corrected chi connectivity index (χ4v) is 17.8. The molecule has 16 aromatic rings. The molecule has 0 spiro atoms. The summed E-state index contributed by atoms with van der Waals surface area (Å²) in [7, 11) is -3.67. The second kappa shape index (κ2) is 19.4. The lowest BCUT2D eigenvalue weighted by Crippen LogP contribution is -2.74. The first-order valence-corrected chi connectivity index (χ1v) is 29.4. The molecule has 0 bridgehead atoms. The fourth-order valence-electron chi connectivity index (χ4n) is 13.0. The molecule has 0 saturated heterocycles. The minimum atomic E-state index is -3.67. The summed E-state index contributed by atoms with van der Waals surface area (Å²) in [4.78, 5) is 0. The van der Waals surface area contributed by atoms with E-state index in [1.165, 1.54) is 0 Å². The monoisotopic (exact) mass is 1070 g/mol. The van der Waals surface area contributed by atoms with Gasteiger partial charge in [0.25, 0.3) is 0 Å². The molecule has 0 aliphatic heterocycles. The average Bonchev–Trinajstić information content (AvgIpc) is 1.19. The van der Waals surface area contributed by atoms with Crippen molar-refractivity contribution in [3.8, 4) is 55.9 Å². The van der Waals surface area contributed by atoms with Gasteiger partial charge >= 0.3 is 0 Å². The quantitative estimate of drug-likeness (QED) is 0.0989. The fraction of sp³-hybridized carbons (Fsp3) is 0. The van der Waals surface area contributed by atoms with Crippen LogP contribution in [0.4, 0.5) is 0 Å². The third-order valence-corrected chi connectivity index (χ3v) is 21.2. The van der Waals surface area contributed by atoms with E-state index in [1.54, 1.807) is 0 Å². The van der Waals surface area contributed by atoms with E-state index in [9.17, 15) is 11.0 Å². The van der Waals surface area contributed by atoms with Crippen molar-refractivity contribution in [2.24, 2.45) is 0 Å². The van der Waals surface area contributed by atoms with E-state index in [4.69, 9.17) is 7.16 Å². The highest BCUT2D eigenvalue weighted by atomic mass is 28.3. The Morgan fingerprint density at radius 2 is 0.780 bits per heavy atom. The molecule has 0 aliphatic carbocycles. The third-order valence-electron chi connectivity index (χ3n) is 16.4. The summed E-state index contributed by atoms with van der Waals surface area (Å²) in [5, 5.41) is 9.36. The number of para-hydroxylation sites is 4. The SMILES string of the molecule is [2H]c1c([2H])c([2H])c(-c2cc([Si](c3ccccc3)(c3ccccc3)c3ccccc3)cc(-c3c([2H])c([2H])c([2H])c([2H])c3[2H])c2-n2c3ccccc3c3cc(-n4c5ccccc5c5cccc(-c6ccccc6-c6ccc7c(c6)oc6ccccc67)c54)ccc32)c([2H])c1[2H]. The molecule has 384 valence electrons. The zero-order chi connectivity index (χ0) is 62.8. The van der Waals surface area contributed by atoms with Crippen molar-refractivity contribution in [1.29, 1.82) is 0 Å². The van der Waals surface area contributed by atoms with Gasteiger partial charge in [-0.1, -0.05) is 267 Å². The van der Waals surface area contributed by atoms with Crippen molar-refractivity contribution in [3.63, 3.8) is 0 Å². The van der Waals surface area contributed by atoms with Crippen LogP contribution >= 0.6 is 0 Å². The molecule has 16 rings (SSSR count). The lowest BCUT2D eigenvalue weighted by atomic mass is 9.92. The van der Waals surface area contributed by atoms with Crippen LogP contribution in [-0.2, 0) is 0 Å². The summed E-state index contributed by atoms with van der Waals surface area (Å²) in [5.74, 6) is 0. The number of benzene rings is 13. The number of furan rings is 1. The molecule has 0 atom stereocenters. The number of rotatable bonds is 10. The van der Waals surface area contributed by atoms with Crippen LogP contribution in [0.3, 0.4) is 0 Å². The third kappa shape index (κ3) is 7.42. The smallest absolute Gasteiger partial charge is 0.179 e. The number of hydrogen-bond donors (Lipinski definition) is 0. The van der Waals surface area contributed by atoms with Crippen LogP contribution in [0.25, 0.3) is 121 Å². The Balaban J connectivity index is 1.02. The molecule has 13 aromatic carbocycles. The number of aromatic nitrogens is 2. The molecule has 0 fully saturated rings. The number of nitrogens with zero attached hydrogens (tertiary/aromatic N) is 2. The normalized spacial score (nSPS) is 13.6. The first kappa shape index (κ1) is 38.1. The summed E-state index contributed by atoms with van der Waals surface area (Å²) in [6.45, 7) is 0. The standard InChI is InChI=1S/C78H52N2OSi/c1-6-25-53(26-7-1)69-51-60(82(57-29-10-3-11-30-57,58-31-12-4-13-32-58)59-33-14-5-15-34-59)52-70(54-27-8-2-9-28-54)78(69)80-73-43-22-19-38-64(73)71-50-56(46-48-74(71)80)79-72-42-21-18-37-63(72)68-41-24-40-67(77(68)79)62-36-17-16-35-61(62)55-45-47-66-65-39-20-23-44-75(65)81-76(66)49-55/h1-52H/i1D,2D,6D,7D,8D,9D,25D,26D,27D,28D. The Kier molecular flexibility index (Phi) is 9.02. The van der Waals surface area contributed by atoms with Crippen LogP contribution in [0.5, 0.6) is 0 Å². The van der Waals surface area contributed by atoms with E-state index in [2.05, 4.69) is 138 Å². The molecule has 3 aromatic heterocycles. The summed E-state index contributed by atoms with van der Waals surface area (Å²) < 4.78 is 105. The van der Waals surface area contributed by atoms with E-state index >= 15 is 0 Å². The van der Waals surface area contributed by atoms with Crippen molar-refractivity contribution in [3.05, 3.63) is 315 Å². The summed E-state index contributed by atoms with van der Waals surface area (Å²) >= 11 is 0. The molecule has 82 heavy (non-hydrogen) atoms. The van der Waals surface area contributed by atoms with Gasteiger partial charge in [0.1, 0.15) is 11.2 Å². The molecule has 0 radical (unpaired) electrons. The second-order valence-electron chi connectivity index (χ2n) is 20.7. The molecule has 0 N–H and O–H groups in total. The highest BCUT2D eigenvalue weighted by molar-refractivity contribution is 7.20. The van der Waals surface area contributed by atoms with Crippen LogP contribution in [0.2, 0.25) is 0 Å². The van der Waals surface area contributed by atoms with Crippen LogP contribution in [0.1, 0.15) is 13.7 Å². The molecular formula is C78H52N2OSi. The molecule has 0 aliphatic rings. The van der Waals surface area contributed by atoms with E-state index in [0.29, 0.717) is 16.2 Å². The van der Waals surface area contributed by atoms with Gasteiger partial charge in [-0.15, -0.1) is 0 Å². The zero-order valence-corrected chi connectivity index (χ0v) is 45.1. The van der Waals surface area contributed by atoms with Crippen molar-refractivity contribution < 1.29 is 18.1 Å². The molecule has 0 amide bonds. The minimum absolute atomic E-state index is 0.114. The van der Waals surface area contributed by atoms with Gasteiger partial charge < -0.3 is 13.6 Å². The molecule has 4 heteroatoms. The van der Waals surface area contributed by atoms with Crippen molar-refractivity contribution >= 4 is 94.4 Å². The van der Waals surface area contributed by atoms with Crippen molar-refractivity contribution in [1.82, 2.24) is 9.13 Å². The highest BCUT2D eigenvalue weighted by Gasteiger charge is 2.42. The van der Waals surface area contributed by atoms with Crippen molar-refractivity contribution in [2.45, 2.75) is 0 Å². The maximum absolute atomic E-state index is 9.89. The number of fused-ring (bicyclic) bond motifs is 9. The van der Waals surface area contributed by atoms with Gasteiger partial charge in [0.05, 0.1) is 41.5 Å². The van der Waals surface area contributed by atoms with Gasteiger partial charge in [0.2, 0.25) is 0 Å². The van der Waals surface area contributed by atoms with Gasteiger partial charge in [-0.2, -0.15) is 0 Å². The van der Waals surface area contributed by atoms with Gasteiger partial charge in [0, 0.05) is 54.7 Å². The largest absolute Gasteiger partial charge is 0.456 e. The first-order valence-electron chi connectivity index (χ1n) is 32.4. The molecule has 3 heterocycles. The second-order valence-corrected chi connectivity index (χ2v) is 24.5. The van der Waals surface area contributed by atoms with E-state index in [0.717, 1.165) is 98.0 Å². The van der Waals surface area contributed by atoms with Gasteiger partial charge in [0.15, 0.2) is 8.07 Å². The lowest BCUT2D eigenvalue weighted by Gasteiger charge is -2.36. The predicted molar refractivity (Wildman–Crippen MR) is 348 cm³/mol. The predicted octanol–water partition coefficient (Wildman–Crippen LogP) is 17.8. The van der Waals surface area contributed by atoms with Gasteiger partial charge in [-0.3, -0.25) is 0 Å². The van der Waals surface area contributed by atoms with Gasteiger partial charge in [-0.25, -0.2) is 0 Å². The van der Waals surface area contributed by atoms with Gasteiger partial charge in [-0.05, 0) is 97.1 Å². The Morgan fingerprint density at radius 3 is 1.41 bits per heavy atom. The topological polar surface area (TPSA) is 23.0 Å². The van der Waals surface area contributed by atoms with Crippen LogP contribution in [-0.4, -0.2) is 17.2 Å². The lowest BCUT2D eigenvalue weighted by molar-refractivity contribution is 0.669. The van der Waals surface area contributed by atoms with Crippen LogP contribution in [0, 0.1) is 0 Å². The Hall–Kier alpha value is -10.5. The Morgan fingerprint density at radius 1 is 0.293 bits per heavy atom. The maximum atomic E-state index is 9.89. The number of hydrogen-bond acceptors (Lipinski definition) is 1. The van der Waals surface area contributed by atoms with E-state index in [-0.39, 0.29) is 27.9 Å². The van der Waals surface area contributed by atoms with Crippen LogP contribution in [0.15, 0.2) is 320 Å². The van der Waals surface area contributed by atoms with Crippen LogP contribution < -0.4 is 20.7 Å². The highest BCUT2D eigenvalue weighted by Crippen LogP contribution is 2.45. The Labute approximate surface area is 490 Å². The maximum Gasteiger partial charge on any atom is 0.179 e. The van der Waals surface area contributed by atoms with E-state index < -0.39 is 68.5 Å². The summed E-state index contributed by atoms with van der Waals surface area (Å²) in [5.41, 5.74) is 10.3. The van der Waals surface area contributed by atoms with E-state index in [1.807, 2.05) is 126 Å². The molecule has 0 saturated carbocycles. The summed E-state index contributed by atoms with van der Waals surface area (Å²) in [6, 6.07) is 81.0. The summed E-state index contributed by atoms with van der Waals surface area (Å²) in [6.07, 6.45) is 0. The average molecular weight is 1070 g/mol. The van der Waals surface area contributed by atoms with Crippen molar-refractivity contribution in [2.75, 3.05) is 0 Å². The zero-order valence-electron chi connectivity index (χ0n) is 54.1.